The zero-order valence-electron chi connectivity index (χ0n) is 19.4. The molecule has 0 aliphatic carbocycles. The molecule has 8 heteroatoms. The molecule has 2 aromatic carbocycles. The number of unbranched alkanes of at least 4 members (excludes halogenated alkanes) is 1. The Bertz CT molecular complexity index is 1450. The van der Waals surface area contributed by atoms with Crippen LogP contribution in [0.4, 0.5) is 0 Å². The smallest absolute Gasteiger partial charge is 0.264 e. The fourth-order valence-electron chi connectivity index (χ4n) is 4.00. The number of aromatic nitrogens is 4. The molecule has 4 rings (SSSR count). The molecule has 4 aromatic rings. The lowest BCUT2D eigenvalue weighted by atomic mass is 9.97. The molecule has 0 spiro atoms. The van der Waals surface area contributed by atoms with Crippen molar-refractivity contribution in [2.75, 3.05) is 0 Å². The molecule has 35 heavy (non-hydrogen) atoms. The van der Waals surface area contributed by atoms with Gasteiger partial charge in [-0.25, -0.2) is 19.5 Å². The van der Waals surface area contributed by atoms with Gasteiger partial charge in [-0.05, 0) is 42.5 Å². The molecule has 0 unspecified atom stereocenters. The van der Waals surface area contributed by atoms with Crippen molar-refractivity contribution in [1.82, 2.24) is 19.5 Å². The molecule has 6 nitrogen and oxygen atoms in total. The van der Waals surface area contributed by atoms with Gasteiger partial charge < -0.3 is 0 Å². The Morgan fingerprint density at radius 3 is 2.34 bits per heavy atom. The molecule has 0 aliphatic heterocycles. The Balaban J connectivity index is 1.77. The fraction of sp³-hybridized carbons (Fsp3) is 0.222. The average molecular weight is 504 g/mol. The molecule has 176 valence electrons. The second-order valence-corrected chi connectivity index (χ2v) is 8.95. The first-order chi connectivity index (χ1) is 16.9. The number of benzene rings is 2. The fourth-order valence-corrected chi connectivity index (χ4v) is 4.41. The summed E-state index contributed by atoms with van der Waals surface area (Å²) in [6, 6.07) is 19.0. The van der Waals surface area contributed by atoms with Crippen molar-refractivity contribution in [1.29, 1.82) is 5.26 Å². The molecule has 0 atom stereocenters. The van der Waals surface area contributed by atoms with E-state index in [1.807, 2.05) is 42.5 Å². The molecule has 0 aliphatic rings. The highest BCUT2D eigenvalue weighted by molar-refractivity contribution is 6.33. The second kappa shape index (κ2) is 10.8. The molecule has 2 heterocycles. The third kappa shape index (κ3) is 5.43. The van der Waals surface area contributed by atoms with Crippen molar-refractivity contribution in [3.8, 4) is 23.1 Å². The van der Waals surface area contributed by atoms with E-state index in [-0.39, 0.29) is 21.8 Å². The second-order valence-electron chi connectivity index (χ2n) is 8.17. The summed E-state index contributed by atoms with van der Waals surface area (Å²) >= 11 is 12.1. The molecule has 0 bridgehead atoms. The van der Waals surface area contributed by atoms with E-state index in [0.29, 0.717) is 29.8 Å². The molecule has 0 saturated carbocycles. The van der Waals surface area contributed by atoms with E-state index in [9.17, 15) is 10.1 Å². The van der Waals surface area contributed by atoms with Crippen LogP contribution in [0, 0.1) is 18.3 Å². The summed E-state index contributed by atoms with van der Waals surface area (Å²) in [6.07, 6.45) is 3.02. The van der Waals surface area contributed by atoms with E-state index in [2.05, 4.69) is 23.0 Å². The standard InChI is InChI=1S/C27H23Cl2N5O/c1-3-4-9-23-22(26(35)34(17(2)31-23)27-32-24(28)15-25(29)33-27)14-18-10-12-19(13-11-18)21-8-6-5-7-20(21)16-30/h5-8,10-13,15H,3-4,9,14H2,1-2H3. The highest BCUT2D eigenvalue weighted by Gasteiger charge is 2.18. The number of nitriles is 1. The van der Waals surface area contributed by atoms with Gasteiger partial charge in [0.25, 0.3) is 5.56 Å². The number of aryl methyl sites for hydroxylation is 2. The Kier molecular flexibility index (Phi) is 7.60. The third-order valence-electron chi connectivity index (χ3n) is 5.74. The Morgan fingerprint density at radius 2 is 1.69 bits per heavy atom. The van der Waals surface area contributed by atoms with E-state index in [1.165, 1.54) is 10.6 Å². The van der Waals surface area contributed by atoms with Crippen molar-refractivity contribution < 1.29 is 0 Å². The number of nitrogens with zero attached hydrogens (tertiary/aromatic N) is 5. The molecular formula is C27H23Cl2N5O. The van der Waals surface area contributed by atoms with Crippen molar-refractivity contribution in [2.24, 2.45) is 0 Å². The van der Waals surface area contributed by atoms with E-state index >= 15 is 0 Å². The SMILES string of the molecule is CCCCc1nc(C)n(-c2nc(Cl)cc(Cl)n2)c(=O)c1Cc1ccc(-c2ccccc2C#N)cc1. The predicted octanol–water partition coefficient (Wildman–Crippen LogP) is 6.11. The maximum atomic E-state index is 13.7. The van der Waals surface area contributed by atoms with Gasteiger partial charge in [-0.15, -0.1) is 0 Å². The normalized spacial score (nSPS) is 10.8. The number of hydrogen-bond donors (Lipinski definition) is 0. The highest BCUT2D eigenvalue weighted by Crippen LogP contribution is 2.24. The van der Waals surface area contributed by atoms with Gasteiger partial charge in [-0.3, -0.25) is 4.79 Å². The first-order valence-corrected chi connectivity index (χ1v) is 12.1. The summed E-state index contributed by atoms with van der Waals surface area (Å²) in [5.74, 6) is 0.580. The Labute approximate surface area is 213 Å². The van der Waals surface area contributed by atoms with Gasteiger partial charge in [-0.2, -0.15) is 5.26 Å². The van der Waals surface area contributed by atoms with Gasteiger partial charge >= 0.3 is 0 Å². The monoisotopic (exact) mass is 503 g/mol. The summed E-state index contributed by atoms with van der Waals surface area (Å²) in [7, 11) is 0. The van der Waals surface area contributed by atoms with Crippen LogP contribution in [0.15, 0.2) is 59.4 Å². The van der Waals surface area contributed by atoms with Crippen LogP contribution in [0.25, 0.3) is 17.1 Å². The van der Waals surface area contributed by atoms with E-state index in [1.54, 1.807) is 13.0 Å². The van der Waals surface area contributed by atoms with Crippen LogP contribution in [0.1, 0.15) is 48.0 Å². The summed E-state index contributed by atoms with van der Waals surface area (Å²) in [5, 5.41) is 9.72. The Morgan fingerprint density at radius 1 is 1.00 bits per heavy atom. The maximum absolute atomic E-state index is 13.7. The number of hydrogen-bond acceptors (Lipinski definition) is 5. The Hall–Kier alpha value is -3.53. The van der Waals surface area contributed by atoms with Crippen LogP contribution in [0.3, 0.4) is 0 Å². The van der Waals surface area contributed by atoms with Crippen LogP contribution >= 0.6 is 23.2 Å². The molecule has 0 radical (unpaired) electrons. The lowest BCUT2D eigenvalue weighted by Gasteiger charge is -2.15. The summed E-state index contributed by atoms with van der Waals surface area (Å²) in [5.41, 5.74) is 4.53. The van der Waals surface area contributed by atoms with Crippen LogP contribution in [0.5, 0.6) is 0 Å². The van der Waals surface area contributed by atoms with Gasteiger partial charge in [0.15, 0.2) is 0 Å². The molecule has 0 amide bonds. The van der Waals surface area contributed by atoms with Crippen molar-refractivity contribution in [3.63, 3.8) is 0 Å². The van der Waals surface area contributed by atoms with Gasteiger partial charge in [0.2, 0.25) is 5.95 Å². The molecule has 2 aromatic heterocycles. The first kappa shape index (κ1) is 24.6. The zero-order chi connectivity index (χ0) is 24.9. The van der Waals surface area contributed by atoms with Crippen LogP contribution in [-0.2, 0) is 12.8 Å². The number of rotatable bonds is 7. The third-order valence-corrected chi connectivity index (χ3v) is 6.13. The maximum Gasteiger partial charge on any atom is 0.264 e. The summed E-state index contributed by atoms with van der Waals surface area (Å²) in [6.45, 7) is 3.85. The van der Waals surface area contributed by atoms with E-state index in [0.717, 1.165) is 35.2 Å². The molecular weight excluding hydrogens is 481 g/mol. The highest BCUT2D eigenvalue weighted by atomic mass is 35.5. The van der Waals surface area contributed by atoms with Crippen molar-refractivity contribution >= 4 is 23.2 Å². The van der Waals surface area contributed by atoms with Crippen molar-refractivity contribution in [2.45, 2.75) is 39.5 Å². The van der Waals surface area contributed by atoms with Crippen LogP contribution < -0.4 is 5.56 Å². The molecule has 0 fully saturated rings. The minimum absolute atomic E-state index is 0.101. The topological polar surface area (TPSA) is 84.5 Å². The lowest BCUT2D eigenvalue weighted by molar-refractivity contribution is 0.721. The first-order valence-electron chi connectivity index (χ1n) is 11.3. The largest absolute Gasteiger partial charge is 0.268 e. The van der Waals surface area contributed by atoms with Crippen LogP contribution in [-0.4, -0.2) is 19.5 Å². The quantitative estimate of drug-likeness (QED) is 0.284. The summed E-state index contributed by atoms with van der Waals surface area (Å²) < 4.78 is 1.36. The minimum Gasteiger partial charge on any atom is -0.268 e. The molecule has 0 saturated heterocycles. The van der Waals surface area contributed by atoms with Crippen LogP contribution in [0.2, 0.25) is 10.3 Å². The van der Waals surface area contributed by atoms with Gasteiger partial charge in [0.05, 0.1) is 17.3 Å². The number of halogens is 2. The summed E-state index contributed by atoms with van der Waals surface area (Å²) in [4.78, 5) is 26.8. The zero-order valence-corrected chi connectivity index (χ0v) is 20.9. The van der Waals surface area contributed by atoms with Gasteiger partial charge in [-0.1, -0.05) is 79.0 Å². The lowest BCUT2D eigenvalue weighted by Crippen LogP contribution is -2.29. The van der Waals surface area contributed by atoms with Gasteiger partial charge in [0, 0.05) is 18.1 Å². The predicted molar refractivity (Wildman–Crippen MR) is 138 cm³/mol. The average Bonchev–Trinajstić information content (AvgIpc) is 2.84. The van der Waals surface area contributed by atoms with E-state index < -0.39 is 0 Å². The molecule has 0 N–H and O–H groups in total. The van der Waals surface area contributed by atoms with E-state index in [4.69, 9.17) is 28.2 Å². The van der Waals surface area contributed by atoms with Crippen molar-refractivity contribution in [3.05, 3.63) is 103 Å². The minimum atomic E-state index is -0.235. The van der Waals surface area contributed by atoms with Gasteiger partial charge in [0.1, 0.15) is 16.1 Å².